The Morgan fingerprint density at radius 1 is 1.50 bits per heavy atom. The van der Waals surface area contributed by atoms with E-state index in [9.17, 15) is 23.3 Å². The van der Waals surface area contributed by atoms with Crippen molar-refractivity contribution >= 4 is 23.3 Å². The van der Waals surface area contributed by atoms with Crippen LogP contribution in [0.1, 0.15) is 0 Å². The fraction of sp³-hybridized carbons (Fsp3) is 0.300. The Morgan fingerprint density at radius 2 is 2.10 bits per heavy atom. The summed E-state index contributed by atoms with van der Waals surface area (Å²) in [7, 11) is 0. The van der Waals surface area contributed by atoms with Crippen LogP contribution < -0.4 is 5.73 Å². The van der Waals surface area contributed by atoms with E-state index in [4.69, 9.17) is 10.9 Å². The Kier molecular flexibility index (Phi) is 5.19. The molecule has 1 atom stereocenters. The zero-order chi connectivity index (χ0) is 15.3. The molecule has 0 fully saturated rings. The second-order valence-corrected chi connectivity index (χ2v) is 4.72. The van der Waals surface area contributed by atoms with Crippen LogP contribution in [0.3, 0.4) is 0 Å². The molecule has 0 bridgehead atoms. The number of oxime groups is 1. The molecule has 1 rings (SSSR count). The van der Waals surface area contributed by atoms with Crippen molar-refractivity contribution in [2.24, 2.45) is 16.8 Å². The Balaban J connectivity index is 2.92. The van der Waals surface area contributed by atoms with Gasteiger partial charge >= 0.3 is 6.18 Å². The van der Waals surface area contributed by atoms with E-state index in [0.29, 0.717) is 11.8 Å². The Labute approximate surface area is 115 Å². The molecule has 0 radical (unpaired) electrons. The highest BCUT2D eigenvalue weighted by Gasteiger charge is 2.43. The summed E-state index contributed by atoms with van der Waals surface area (Å²) >= 11 is 0.620. The molecule has 0 amide bonds. The summed E-state index contributed by atoms with van der Waals surface area (Å²) in [4.78, 5) is 10.1. The van der Waals surface area contributed by atoms with Gasteiger partial charge in [0.1, 0.15) is 5.92 Å². The number of nitrogens with two attached hydrogens (primary N) is 1. The molecule has 0 aromatic heterocycles. The second kappa shape index (κ2) is 6.46. The molecule has 0 saturated carbocycles. The van der Waals surface area contributed by atoms with Gasteiger partial charge in [0.05, 0.1) is 9.82 Å². The number of hydrogen-bond acceptors (Lipinski definition) is 5. The summed E-state index contributed by atoms with van der Waals surface area (Å²) in [6.07, 6.45) is -4.70. The second-order valence-electron chi connectivity index (χ2n) is 3.65. The highest BCUT2D eigenvalue weighted by Crippen LogP contribution is 2.35. The van der Waals surface area contributed by atoms with Crippen LogP contribution in [0.25, 0.3) is 0 Å². The molecule has 0 heterocycles. The number of alkyl halides is 3. The lowest BCUT2D eigenvalue weighted by Gasteiger charge is -2.18. The standard InChI is InChI=1S/C10H10F3N3O3S/c11-10(12,13)6(9(14)15-17)5-20-8-4-2-1-3-7(8)16(18)19/h1-4,6,17H,5H2,(H2,14,15). The van der Waals surface area contributed by atoms with Gasteiger partial charge in [-0.25, -0.2) is 0 Å². The van der Waals surface area contributed by atoms with Crippen molar-refractivity contribution < 1.29 is 23.3 Å². The highest BCUT2D eigenvalue weighted by atomic mass is 32.2. The molecule has 0 aliphatic rings. The lowest BCUT2D eigenvalue weighted by atomic mass is 10.1. The van der Waals surface area contributed by atoms with E-state index < -0.39 is 28.6 Å². The van der Waals surface area contributed by atoms with Gasteiger partial charge in [0.25, 0.3) is 5.69 Å². The zero-order valence-corrected chi connectivity index (χ0v) is 10.7. The van der Waals surface area contributed by atoms with Crippen LogP contribution in [-0.4, -0.2) is 27.9 Å². The molecule has 110 valence electrons. The van der Waals surface area contributed by atoms with Gasteiger partial charge in [0, 0.05) is 11.8 Å². The molecule has 0 aliphatic heterocycles. The number of nitro groups is 1. The van der Waals surface area contributed by atoms with Crippen LogP contribution in [0.2, 0.25) is 0 Å². The molecular formula is C10H10F3N3O3S. The highest BCUT2D eigenvalue weighted by molar-refractivity contribution is 7.99. The molecule has 6 nitrogen and oxygen atoms in total. The third kappa shape index (κ3) is 4.02. The Hall–Kier alpha value is -1.97. The number of amidine groups is 1. The number of thioether (sulfide) groups is 1. The molecule has 1 aromatic rings. The molecule has 3 N–H and O–H groups in total. The van der Waals surface area contributed by atoms with Gasteiger partial charge in [-0.3, -0.25) is 10.1 Å². The van der Waals surface area contributed by atoms with E-state index >= 15 is 0 Å². The van der Waals surface area contributed by atoms with Crippen molar-refractivity contribution in [3.63, 3.8) is 0 Å². The van der Waals surface area contributed by atoms with Gasteiger partial charge in [0.15, 0.2) is 5.84 Å². The number of hydrogen-bond donors (Lipinski definition) is 2. The normalized spacial score (nSPS) is 14.1. The molecule has 20 heavy (non-hydrogen) atoms. The van der Waals surface area contributed by atoms with Crippen molar-refractivity contribution in [3.05, 3.63) is 34.4 Å². The van der Waals surface area contributed by atoms with Gasteiger partial charge in [-0.1, -0.05) is 17.3 Å². The lowest BCUT2D eigenvalue weighted by molar-refractivity contribution is -0.387. The van der Waals surface area contributed by atoms with Crippen LogP contribution in [0, 0.1) is 16.0 Å². The average Bonchev–Trinajstić information content (AvgIpc) is 2.37. The van der Waals surface area contributed by atoms with Gasteiger partial charge in [-0.15, -0.1) is 11.8 Å². The van der Waals surface area contributed by atoms with Gasteiger partial charge < -0.3 is 10.9 Å². The SMILES string of the molecule is N/C(=N/O)C(CSc1ccccc1[N+](=O)[O-])C(F)(F)F. The predicted octanol–water partition coefficient (Wildman–Crippen LogP) is 2.61. The van der Waals surface area contributed by atoms with E-state index in [1.165, 1.54) is 24.3 Å². The first kappa shape index (κ1) is 16.1. The topological polar surface area (TPSA) is 102 Å². The molecular weight excluding hydrogens is 299 g/mol. The van der Waals surface area contributed by atoms with E-state index in [2.05, 4.69) is 5.16 Å². The van der Waals surface area contributed by atoms with Crippen molar-refractivity contribution in [1.82, 2.24) is 0 Å². The Bertz CT molecular complexity index is 522. The third-order valence-corrected chi connectivity index (χ3v) is 3.49. The van der Waals surface area contributed by atoms with E-state index in [0.717, 1.165) is 0 Å². The maximum absolute atomic E-state index is 12.7. The van der Waals surface area contributed by atoms with Gasteiger partial charge in [-0.2, -0.15) is 13.2 Å². The summed E-state index contributed by atoms with van der Waals surface area (Å²) in [5.41, 5.74) is 4.70. The first-order valence-electron chi connectivity index (χ1n) is 5.17. The number of para-hydroxylation sites is 1. The summed E-state index contributed by atoms with van der Waals surface area (Å²) in [5.74, 6) is -3.79. The van der Waals surface area contributed by atoms with E-state index in [1.807, 2.05) is 0 Å². The fourth-order valence-corrected chi connectivity index (χ4v) is 2.49. The van der Waals surface area contributed by atoms with Crippen molar-refractivity contribution in [3.8, 4) is 0 Å². The largest absolute Gasteiger partial charge is 0.409 e. The molecule has 0 saturated heterocycles. The molecule has 0 spiro atoms. The van der Waals surface area contributed by atoms with Gasteiger partial charge in [0.2, 0.25) is 0 Å². The van der Waals surface area contributed by atoms with Crippen LogP contribution in [0.5, 0.6) is 0 Å². The summed E-state index contributed by atoms with van der Waals surface area (Å²) in [6.45, 7) is 0. The summed E-state index contributed by atoms with van der Waals surface area (Å²) in [6, 6.07) is 5.41. The smallest absolute Gasteiger partial charge is 0.399 e. The maximum Gasteiger partial charge on any atom is 0.399 e. The number of rotatable bonds is 5. The quantitative estimate of drug-likeness (QED) is 0.217. The minimum absolute atomic E-state index is 0.0810. The van der Waals surface area contributed by atoms with Crippen LogP contribution >= 0.6 is 11.8 Å². The van der Waals surface area contributed by atoms with Gasteiger partial charge in [-0.05, 0) is 6.07 Å². The molecule has 1 unspecified atom stereocenters. The number of benzene rings is 1. The monoisotopic (exact) mass is 309 g/mol. The van der Waals surface area contributed by atoms with Crippen molar-refractivity contribution in [1.29, 1.82) is 0 Å². The first-order chi connectivity index (χ1) is 9.27. The summed E-state index contributed by atoms with van der Waals surface area (Å²) < 4.78 is 38.1. The Morgan fingerprint density at radius 3 is 2.60 bits per heavy atom. The lowest BCUT2D eigenvalue weighted by Crippen LogP contribution is -2.37. The maximum atomic E-state index is 12.7. The first-order valence-corrected chi connectivity index (χ1v) is 6.16. The predicted molar refractivity (Wildman–Crippen MR) is 66.8 cm³/mol. The number of nitro benzene ring substituents is 1. The zero-order valence-electron chi connectivity index (χ0n) is 9.87. The fourth-order valence-electron chi connectivity index (χ4n) is 1.32. The molecule has 10 heteroatoms. The molecule has 1 aromatic carbocycles. The summed E-state index contributed by atoms with van der Waals surface area (Å²) in [5, 5.41) is 21.4. The number of nitrogens with zero attached hydrogens (tertiary/aromatic N) is 2. The average molecular weight is 309 g/mol. The van der Waals surface area contributed by atoms with E-state index in [1.54, 1.807) is 0 Å². The third-order valence-electron chi connectivity index (χ3n) is 2.34. The van der Waals surface area contributed by atoms with Crippen molar-refractivity contribution in [2.45, 2.75) is 11.1 Å². The molecule has 0 aliphatic carbocycles. The number of halogens is 3. The van der Waals surface area contributed by atoms with Crippen LogP contribution in [0.4, 0.5) is 18.9 Å². The van der Waals surface area contributed by atoms with Crippen LogP contribution in [0.15, 0.2) is 34.3 Å². The van der Waals surface area contributed by atoms with E-state index in [-0.39, 0.29) is 10.6 Å². The van der Waals surface area contributed by atoms with Crippen molar-refractivity contribution in [2.75, 3.05) is 5.75 Å². The minimum Gasteiger partial charge on any atom is -0.409 e. The minimum atomic E-state index is -4.70. The van der Waals surface area contributed by atoms with Crippen LogP contribution in [-0.2, 0) is 0 Å².